The summed E-state index contributed by atoms with van der Waals surface area (Å²) in [6, 6.07) is 4.72. The Morgan fingerprint density at radius 3 is 2.70 bits per heavy atom. The van der Waals surface area contributed by atoms with E-state index < -0.39 is 27.5 Å². The van der Waals surface area contributed by atoms with Gasteiger partial charge in [-0.2, -0.15) is 0 Å². The van der Waals surface area contributed by atoms with Gasteiger partial charge in [0.25, 0.3) is 11.8 Å². The van der Waals surface area contributed by atoms with Crippen LogP contribution in [0, 0.1) is 0 Å². The number of aromatic hydroxyl groups is 1. The summed E-state index contributed by atoms with van der Waals surface area (Å²) < 4.78 is 5.46. The first kappa shape index (κ1) is 20.2. The number of imide groups is 1. The Morgan fingerprint density at radius 2 is 2.11 bits per heavy atom. The number of phenolic OH excluding ortho intramolecular Hbond substituents is 1. The van der Waals surface area contributed by atoms with Crippen LogP contribution in [0.3, 0.4) is 0 Å². The second-order valence-electron chi connectivity index (χ2n) is 6.38. The van der Waals surface area contributed by atoms with Crippen molar-refractivity contribution in [2.75, 3.05) is 12.1 Å². The number of carbonyl (C=O) groups excluding carboxylic acids is 2. The summed E-state index contributed by atoms with van der Waals surface area (Å²) >= 11 is 16.8. The molecule has 1 heterocycles. The highest BCUT2D eigenvalue weighted by Crippen LogP contribution is 2.59. The van der Waals surface area contributed by atoms with Crippen LogP contribution in [-0.2, 0) is 9.59 Å². The Bertz CT molecular complexity index is 858. The maximum atomic E-state index is 13.1. The quantitative estimate of drug-likeness (QED) is 0.397. The van der Waals surface area contributed by atoms with Gasteiger partial charge < -0.3 is 9.84 Å². The summed E-state index contributed by atoms with van der Waals surface area (Å²) in [5.74, 6) is -1.60. The number of rotatable bonds is 5. The molecule has 27 heavy (non-hydrogen) atoms. The molecule has 0 spiro atoms. The van der Waals surface area contributed by atoms with Gasteiger partial charge in [0.1, 0.15) is 0 Å². The molecule has 0 radical (unpaired) electrons. The van der Waals surface area contributed by atoms with Crippen LogP contribution in [0.25, 0.3) is 0 Å². The van der Waals surface area contributed by atoms with Crippen LogP contribution in [0.4, 0.5) is 0 Å². The van der Waals surface area contributed by atoms with Crippen molar-refractivity contribution < 1.29 is 19.4 Å². The van der Waals surface area contributed by atoms with Crippen molar-refractivity contribution in [3.8, 4) is 11.5 Å². The van der Waals surface area contributed by atoms with Crippen LogP contribution in [0.2, 0.25) is 0 Å². The number of hydrogen-bond acceptors (Lipinski definition) is 4. The molecule has 2 amide bonds. The van der Waals surface area contributed by atoms with E-state index in [4.69, 9.17) is 27.9 Å². The Balaban J connectivity index is 2.23. The summed E-state index contributed by atoms with van der Waals surface area (Å²) in [4.78, 5) is 23.7. The molecular weight excluding hydrogens is 457 g/mol. The molecular formula is C19H18BrCl2NO4. The highest BCUT2D eigenvalue weighted by Gasteiger charge is 2.72. The number of phenols is 1. The molecule has 3 atom stereocenters. The van der Waals surface area contributed by atoms with E-state index in [-0.39, 0.29) is 23.4 Å². The van der Waals surface area contributed by atoms with E-state index in [1.807, 2.05) is 0 Å². The number of carbonyl (C=O) groups is 2. The van der Waals surface area contributed by atoms with Crippen molar-refractivity contribution in [3.05, 3.63) is 48.1 Å². The average Bonchev–Trinajstić information content (AvgIpc) is 2.80. The van der Waals surface area contributed by atoms with Crippen molar-refractivity contribution in [2.45, 2.75) is 29.0 Å². The molecule has 1 saturated heterocycles. The lowest BCUT2D eigenvalue weighted by Crippen LogP contribution is -2.54. The summed E-state index contributed by atoms with van der Waals surface area (Å²) in [5.41, 5.74) is 1.29. The molecule has 0 unspecified atom stereocenters. The van der Waals surface area contributed by atoms with Gasteiger partial charge in [-0.3, -0.25) is 14.5 Å². The zero-order valence-corrected chi connectivity index (χ0v) is 17.6. The minimum absolute atomic E-state index is 0.00349. The molecule has 2 aliphatic rings. The number of likely N-dealkylation sites (tertiary alicyclic amines) is 1. The first-order valence-electron chi connectivity index (χ1n) is 8.34. The molecule has 0 bridgehead atoms. The molecule has 1 fully saturated rings. The lowest BCUT2D eigenvalue weighted by molar-refractivity contribution is -0.138. The van der Waals surface area contributed by atoms with E-state index in [0.717, 1.165) is 4.90 Å². The predicted molar refractivity (Wildman–Crippen MR) is 108 cm³/mol. The van der Waals surface area contributed by atoms with Gasteiger partial charge in [-0.1, -0.05) is 40.7 Å². The van der Waals surface area contributed by atoms with Gasteiger partial charge in [0, 0.05) is 5.92 Å². The number of nitrogens with zero attached hydrogens (tertiary/aromatic N) is 1. The Kier molecular flexibility index (Phi) is 5.36. The first-order valence-corrected chi connectivity index (χ1v) is 10.2. The van der Waals surface area contributed by atoms with Gasteiger partial charge >= 0.3 is 0 Å². The standard InChI is InChI=1S/C19H18BrCl2NO4/c1-3-11-7-8-18(21)16(25)23(10-20)17(26)19(18,22)15(11)12-5-6-13(24)14(9-12)27-4-2/h3,5-7,9,15,24H,1,4,8,10H2,2H3/t15-,18-,19+/m1/s1. The second kappa shape index (κ2) is 7.15. The third-order valence-electron chi connectivity index (χ3n) is 5.04. The predicted octanol–water partition coefficient (Wildman–Crippen LogP) is 4.07. The summed E-state index contributed by atoms with van der Waals surface area (Å²) in [6.07, 6.45) is 3.49. The molecule has 0 aromatic heterocycles. The smallest absolute Gasteiger partial charge is 0.254 e. The Morgan fingerprint density at radius 1 is 1.41 bits per heavy atom. The van der Waals surface area contributed by atoms with Crippen molar-refractivity contribution in [1.29, 1.82) is 0 Å². The molecule has 144 valence electrons. The van der Waals surface area contributed by atoms with Gasteiger partial charge in [0.05, 0.1) is 12.1 Å². The number of ether oxygens (including phenoxy) is 1. The zero-order chi connectivity index (χ0) is 20.0. The molecule has 1 aromatic carbocycles. The molecule has 1 N–H and O–H groups in total. The maximum Gasteiger partial charge on any atom is 0.254 e. The van der Waals surface area contributed by atoms with E-state index in [1.165, 1.54) is 6.07 Å². The zero-order valence-electron chi connectivity index (χ0n) is 14.5. The molecule has 1 aromatic rings. The molecule has 5 nitrogen and oxygen atoms in total. The van der Waals surface area contributed by atoms with Crippen molar-refractivity contribution in [1.82, 2.24) is 4.90 Å². The summed E-state index contributed by atoms with van der Waals surface area (Å²) in [7, 11) is 0. The lowest BCUT2D eigenvalue weighted by Gasteiger charge is -2.42. The monoisotopic (exact) mass is 473 g/mol. The molecule has 1 aliphatic heterocycles. The molecule has 8 heteroatoms. The minimum atomic E-state index is -1.72. The molecule has 1 aliphatic carbocycles. The average molecular weight is 475 g/mol. The van der Waals surface area contributed by atoms with E-state index in [1.54, 1.807) is 31.2 Å². The Hall–Kier alpha value is -1.50. The number of amides is 2. The van der Waals surface area contributed by atoms with Gasteiger partial charge in [-0.05, 0) is 36.6 Å². The minimum Gasteiger partial charge on any atom is -0.504 e. The van der Waals surface area contributed by atoms with Crippen LogP contribution in [-0.4, -0.2) is 43.6 Å². The topological polar surface area (TPSA) is 66.8 Å². The highest BCUT2D eigenvalue weighted by molar-refractivity contribution is 9.09. The number of hydrogen-bond donors (Lipinski definition) is 1. The fourth-order valence-corrected chi connectivity index (χ4v) is 5.07. The lowest BCUT2D eigenvalue weighted by atomic mass is 9.68. The fraction of sp³-hybridized carbons (Fsp3) is 0.368. The second-order valence-corrected chi connectivity index (χ2v) is 8.12. The largest absolute Gasteiger partial charge is 0.504 e. The van der Waals surface area contributed by atoms with Crippen LogP contribution >= 0.6 is 39.1 Å². The SMILES string of the molecule is C=CC1=CC[C@@]2(Cl)C(=O)N(CBr)C(=O)[C@@]2(Cl)[C@H]1c1ccc(O)c(OCC)c1. The van der Waals surface area contributed by atoms with Crippen LogP contribution < -0.4 is 4.74 Å². The number of alkyl halides is 3. The number of halogens is 3. The summed E-state index contributed by atoms with van der Waals surface area (Å²) in [6.45, 7) is 5.96. The third-order valence-corrected chi connectivity index (χ3v) is 6.95. The maximum absolute atomic E-state index is 13.1. The number of allylic oxidation sites excluding steroid dienone is 3. The van der Waals surface area contributed by atoms with Crippen LogP contribution in [0.15, 0.2) is 42.5 Å². The van der Waals surface area contributed by atoms with Crippen molar-refractivity contribution in [3.63, 3.8) is 0 Å². The van der Waals surface area contributed by atoms with E-state index in [0.29, 0.717) is 17.7 Å². The number of fused-ring (bicyclic) bond motifs is 1. The van der Waals surface area contributed by atoms with Crippen molar-refractivity contribution in [2.24, 2.45) is 0 Å². The van der Waals surface area contributed by atoms with E-state index in [2.05, 4.69) is 22.5 Å². The van der Waals surface area contributed by atoms with Gasteiger partial charge in [-0.25, -0.2) is 0 Å². The highest BCUT2D eigenvalue weighted by atomic mass is 79.9. The van der Waals surface area contributed by atoms with E-state index >= 15 is 0 Å². The van der Waals surface area contributed by atoms with Gasteiger partial charge in [0.2, 0.25) is 0 Å². The van der Waals surface area contributed by atoms with Crippen LogP contribution in [0.5, 0.6) is 11.5 Å². The Labute approximate surface area is 175 Å². The molecule has 3 rings (SSSR count). The number of benzene rings is 1. The van der Waals surface area contributed by atoms with Gasteiger partial charge in [-0.15, -0.1) is 23.2 Å². The first-order chi connectivity index (χ1) is 12.8. The fourth-order valence-electron chi connectivity index (χ4n) is 3.74. The normalized spacial score (nSPS) is 30.1. The molecule has 0 saturated carbocycles. The van der Waals surface area contributed by atoms with Crippen molar-refractivity contribution >= 4 is 50.9 Å². The summed E-state index contributed by atoms with van der Waals surface area (Å²) in [5, 5.41) is 10.0. The van der Waals surface area contributed by atoms with Gasteiger partial charge in [0.15, 0.2) is 21.2 Å². The van der Waals surface area contributed by atoms with E-state index in [9.17, 15) is 14.7 Å². The third kappa shape index (κ3) is 2.72. The van der Waals surface area contributed by atoms with Crippen LogP contribution in [0.1, 0.15) is 24.8 Å².